The van der Waals surface area contributed by atoms with E-state index in [2.05, 4.69) is 57.6 Å². The van der Waals surface area contributed by atoms with Gasteiger partial charge in [0.15, 0.2) is 0 Å². The third-order valence-corrected chi connectivity index (χ3v) is 4.80. The van der Waals surface area contributed by atoms with Gasteiger partial charge in [-0.05, 0) is 45.2 Å². The average Bonchev–Trinajstić information content (AvgIpc) is 2.64. The van der Waals surface area contributed by atoms with Crippen LogP contribution in [0.3, 0.4) is 0 Å². The maximum absolute atomic E-state index is 11.7. The molecule has 146 valence electrons. The first-order chi connectivity index (χ1) is 12.9. The molecule has 1 amide bonds. The number of benzene rings is 2. The van der Waals surface area contributed by atoms with Crippen LogP contribution in [0.15, 0.2) is 42.5 Å². The van der Waals surface area contributed by atoms with Crippen molar-refractivity contribution in [2.45, 2.75) is 32.8 Å². The Balaban J connectivity index is 1.42. The maximum Gasteiger partial charge on any atom is 0.407 e. The van der Waals surface area contributed by atoms with E-state index in [0.29, 0.717) is 6.54 Å². The van der Waals surface area contributed by atoms with Gasteiger partial charge in [-0.25, -0.2) is 4.79 Å². The van der Waals surface area contributed by atoms with E-state index in [9.17, 15) is 4.79 Å². The van der Waals surface area contributed by atoms with Gasteiger partial charge in [-0.3, -0.25) is 4.90 Å². The van der Waals surface area contributed by atoms with Crippen molar-refractivity contribution in [1.82, 2.24) is 10.2 Å². The molecule has 2 aromatic rings. The molecule has 5 heteroatoms. The molecule has 0 aromatic heterocycles. The predicted octanol–water partition coefficient (Wildman–Crippen LogP) is 3.88. The minimum atomic E-state index is -0.442. The van der Waals surface area contributed by atoms with E-state index in [1.165, 1.54) is 16.5 Å². The number of fused-ring (bicyclic) bond motifs is 1. The van der Waals surface area contributed by atoms with Crippen LogP contribution in [-0.4, -0.2) is 55.9 Å². The molecule has 0 aliphatic carbocycles. The highest BCUT2D eigenvalue weighted by Gasteiger charge is 2.19. The zero-order valence-corrected chi connectivity index (χ0v) is 16.7. The standard InChI is InChI=1S/C22H31N3O2/c1-22(2,3)27-21(26)23-12-7-13-24-14-16-25(17-15-24)20-11-6-9-18-8-4-5-10-19(18)20/h4-6,8-11H,7,12-17H2,1-3H3,(H,23,26). The van der Waals surface area contributed by atoms with E-state index >= 15 is 0 Å². The number of nitrogens with zero attached hydrogens (tertiary/aromatic N) is 2. The molecule has 0 spiro atoms. The summed E-state index contributed by atoms with van der Waals surface area (Å²) in [5.41, 5.74) is 0.890. The van der Waals surface area contributed by atoms with Crippen LogP contribution in [0.2, 0.25) is 0 Å². The van der Waals surface area contributed by atoms with Gasteiger partial charge >= 0.3 is 6.09 Å². The zero-order chi connectivity index (χ0) is 19.3. The minimum Gasteiger partial charge on any atom is -0.444 e. The molecular weight excluding hydrogens is 338 g/mol. The molecule has 0 radical (unpaired) electrons. The van der Waals surface area contributed by atoms with Gasteiger partial charge in [0.05, 0.1) is 0 Å². The lowest BCUT2D eigenvalue weighted by Crippen LogP contribution is -2.47. The molecule has 5 nitrogen and oxygen atoms in total. The third-order valence-electron chi connectivity index (χ3n) is 4.80. The van der Waals surface area contributed by atoms with E-state index in [0.717, 1.165) is 39.1 Å². The lowest BCUT2D eigenvalue weighted by atomic mass is 10.1. The number of hydrogen-bond acceptors (Lipinski definition) is 4. The Morgan fingerprint density at radius 3 is 2.48 bits per heavy atom. The quantitative estimate of drug-likeness (QED) is 0.813. The molecule has 0 bridgehead atoms. The van der Waals surface area contributed by atoms with E-state index in [4.69, 9.17) is 4.74 Å². The molecule has 0 atom stereocenters. The lowest BCUT2D eigenvalue weighted by molar-refractivity contribution is 0.0525. The second-order valence-electron chi connectivity index (χ2n) is 8.11. The number of carbonyl (C=O) groups excluding carboxylic acids is 1. The molecule has 1 N–H and O–H groups in total. The summed E-state index contributed by atoms with van der Waals surface area (Å²) in [7, 11) is 0. The molecule has 27 heavy (non-hydrogen) atoms. The number of rotatable bonds is 5. The van der Waals surface area contributed by atoms with Crippen molar-refractivity contribution in [2.24, 2.45) is 0 Å². The highest BCUT2D eigenvalue weighted by atomic mass is 16.6. The van der Waals surface area contributed by atoms with Crippen LogP contribution >= 0.6 is 0 Å². The highest BCUT2D eigenvalue weighted by molar-refractivity contribution is 5.94. The Bertz CT molecular complexity index is 756. The smallest absolute Gasteiger partial charge is 0.407 e. The number of nitrogens with one attached hydrogen (secondary N) is 1. The van der Waals surface area contributed by atoms with E-state index < -0.39 is 5.60 Å². The van der Waals surface area contributed by atoms with Crippen molar-refractivity contribution in [3.05, 3.63) is 42.5 Å². The lowest BCUT2D eigenvalue weighted by Gasteiger charge is -2.36. The number of ether oxygens (including phenoxy) is 1. The number of hydrogen-bond donors (Lipinski definition) is 1. The second-order valence-corrected chi connectivity index (χ2v) is 8.11. The molecule has 1 fully saturated rings. The van der Waals surface area contributed by atoms with Gasteiger partial charge < -0.3 is 15.0 Å². The fourth-order valence-electron chi connectivity index (χ4n) is 3.50. The number of anilines is 1. The summed E-state index contributed by atoms with van der Waals surface area (Å²) in [6.07, 6.45) is 0.608. The monoisotopic (exact) mass is 369 g/mol. The molecule has 0 saturated carbocycles. The molecule has 3 rings (SSSR count). The van der Waals surface area contributed by atoms with Gasteiger partial charge in [0.2, 0.25) is 0 Å². The van der Waals surface area contributed by atoms with Gasteiger partial charge in [-0.1, -0.05) is 36.4 Å². The second kappa shape index (κ2) is 8.61. The van der Waals surface area contributed by atoms with Crippen molar-refractivity contribution in [1.29, 1.82) is 0 Å². The largest absolute Gasteiger partial charge is 0.444 e. The molecule has 1 saturated heterocycles. The van der Waals surface area contributed by atoms with Gasteiger partial charge in [0.1, 0.15) is 5.60 Å². The van der Waals surface area contributed by atoms with E-state index in [1.807, 2.05) is 20.8 Å². The van der Waals surface area contributed by atoms with Crippen LogP contribution in [0.5, 0.6) is 0 Å². The first-order valence-corrected chi connectivity index (χ1v) is 9.84. The van der Waals surface area contributed by atoms with Gasteiger partial charge in [0, 0.05) is 43.8 Å². The highest BCUT2D eigenvalue weighted by Crippen LogP contribution is 2.27. The summed E-state index contributed by atoms with van der Waals surface area (Å²) in [5, 5.41) is 5.46. The van der Waals surface area contributed by atoms with Crippen LogP contribution in [-0.2, 0) is 4.74 Å². The number of alkyl carbamates (subject to hydrolysis) is 1. The van der Waals surface area contributed by atoms with Gasteiger partial charge in [0.25, 0.3) is 0 Å². The Morgan fingerprint density at radius 2 is 1.74 bits per heavy atom. The van der Waals surface area contributed by atoms with Crippen molar-refractivity contribution >= 4 is 22.6 Å². The van der Waals surface area contributed by atoms with Crippen LogP contribution < -0.4 is 10.2 Å². The Kier molecular flexibility index (Phi) is 6.22. The van der Waals surface area contributed by atoms with Gasteiger partial charge in [-0.2, -0.15) is 0 Å². The average molecular weight is 370 g/mol. The SMILES string of the molecule is CC(C)(C)OC(=O)NCCCN1CCN(c2cccc3ccccc23)CC1. The van der Waals surface area contributed by atoms with Crippen LogP contribution in [0.25, 0.3) is 10.8 Å². The fourth-order valence-corrected chi connectivity index (χ4v) is 3.50. The summed E-state index contributed by atoms with van der Waals surface area (Å²) >= 11 is 0. The summed E-state index contributed by atoms with van der Waals surface area (Å²) in [6.45, 7) is 11.5. The molecule has 1 aliphatic rings. The minimum absolute atomic E-state index is 0.330. The Morgan fingerprint density at radius 1 is 1.04 bits per heavy atom. The molecule has 1 aliphatic heterocycles. The first kappa shape index (κ1) is 19.5. The molecule has 1 heterocycles. The number of amides is 1. The van der Waals surface area contributed by atoms with E-state index in [-0.39, 0.29) is 6.09 Å². The first-order valence-electron chi connectivity index (χ1n) is 9.84. The zero-order valence-electron chi connectivity index (χ0n) is 16.7. The van der Waals surface area contributed by atoms with Crippen molar-refractivity contribution < 1.29 is 9.53 Å². The summed E-state index contributed by atoms with van der Waals surface area (Å²) in [5.74, 6) is 0. The van der Waals surface area contributed by atoms with Crippen molar-refractivity contribution in [3.63, 3.8) is 0 Å². The van der Waals surface area contributed by atoms with Crippen LogP contribution in [0.1, 0.15) is 27.2 Å². The Hall–Kier alpha value is -2.27. The van der Waals surface area contributed by atoms with Crippen LogP contribution in [0, 0.1) is 0 Å². The predicted molar refractivity (Wildman–Crippen MR) is 111 cm³/mol. The van der Waals surface area contributed by atoms with Gasteiger partial charge in [-0.15, -0.1) is 0 Å². The van der Waals surface area contributed by atoms with E-state index in [1.54, 1.807) is 0 Å². The molecule has 2 aromatic carbocycles. The normalized spacial score (nSPS) is 15.7. The third kappa shape index (κ3) is 5.60. The molecule has 0 unspecified atom stereocenters. The fraction of sp³-hybridized carbons (Fsp3) is 0.500. The van der Waals surface area contributed by atoms with Crippen molar-refractivity contribution in [3.8, 4) is 0 Å². The number of piperazine rings is 1. The Labute approximate surface area is 162 Å². The summed E-state index contributed by atoms with van der Waals surface area (Å²) in [6, 6.07) is 15.1. The van der Waals surface area contributed by atoms with Crippen LogP contribution in [0.4, 0.5) is 10.5 Å². The molecular formula is C22H31N3O2. The summed E-state index contributed by atoms with van der Waals surface area (Å²) in [4.78, 5) is 16.6. The number of carbonyl (C=O) groups is 1. The topological polar surface area (TPSA) is 44.8 Å². The van der Waals surface area contributed by atoms with Crippen molar-refractivity contribution in [2.75, 3.05) is 44.2 Å². The maximum atomic E-state index is 11.7. The summed E-state index contributed by atoms with van der Waals surface area (Å²) < 4.78 is 5.26.